The normalized spacial score (nSPS) is 22.1. The van der Waals surface area contributed by atoms with Gasteiger partial charge in [0.05, 0.1) is 5.92 Å². The van der Waals surface area contributed by atoms with Crippen LogP contribution in [0, 0.1) is 11.3 Å². The Labute approximate surface area is 85.9 Å². The first-order valence-corrected chi connectivity index (χ1v) is 5.47. The second-order valence-corrected chi connectivity index (χ2v) is 4.89. The Hall–Kier alpha value is -0.570. The lowest BCUT2D eigenvalue weighted by atomic mass is 9.89. The lowest BCUT2D eigenvalue weighted by molar-refractivity contribution is -0.140. The molecule has 0 heterocycles. The van der Waals surface area contributed by atoms with Crippen LogP contribution in [-0.2, 0) is 4.79 Å². The van der Waals surface area contributed by atoms with E-state index in [0.717, 1.165) is 6.54 Å². The third-order valence-electron chi connectivity index (χ3n) is 3.23. The summed E-state index contributed by atoms with van der Waals surface area (Å²) < 4.78 is 0. The molecule has 14 heavy (non-hydrogen) atoms. The molecule has 0 radical (unpaired) electrons. The third-order valence-corrected chi connectivity index (χ3v) is 3.23. The fourth-order valence-corrected chi connectivity index (χ4v) is 2.08. The Morgan fingerprint density at radius 2 is 2.07 bits per heavy atom. The first-order valence-electron chi connectivity index (χ1n) is 5.47. The fourth-order valence-electron chi connectivity index (χ4n) is 2.08. The van der Waals surface area contributed by atoms with Crippen molar-refractivity contribution in [3.63, 3.8) is 0 Å². The van der Waals surface area contributed by atoms with Crippen LogP contribution in [0.1, 0.15) is 39.5 Å². The molecule has 1 atom stereocenters. The summed E-state index contributed by atoms with van der Waals surface area (Å²) in [5, 5.41) is 12.0. The number of carboxylic acid groups (broad SMARTS) is 1. The molecule has 3 heteroatoms. The van der Waals surface area contributed by atoms with Gasteiger partial charge in [0, 0.05) is 13.1 Å². The van der Waals surface area contributed by atoms with Crippen molar-refractivity contribution < 1.29 is 9.90 Å². The molecular formula is C11H21NO2. The molecule has 1 saturated carbocycles. The molecule has 0 saturated heterocycles. The monoisotopic (exact) mass is 199 g/mol. The number of carbonyl (C=O) groups is 1. The summed E-state index contributed by atoms with van der Waals surface area (Å²) in [6, 6.07) is 0. The summed E-state index contributed by atoms with van der Waals surface area (Å²) >= 11 is 0. The fraction of sp³-hybridized carbons (Fsp3) is 0.909. The van der Waals surface area contributed by atoms with E-state index in [-0.39, 0.29) is 5.92 Å². The van der Waals surface area contributed by atoms with Crippen LogP contribution in [0.5, 0.6) is 0 Å². The van der Waals surface area contributed by atoms with Crippen LogP contribution in [0.2, 0.25) is 0 Å². The van der Waals surface area contributed by atoms with Crippen LogP contribution in [0.3, 0.4) is 0 Å². The maximum absolute atomic E-state index is 10.6. The number of hydrogen-bond acceptors (Lipinski definition) is 2. The van der Waals surface area contributed by atoms with Crippen LogP contribution in [0.15, 0.2) is 0 Å². The van der Waals surface area contributed by atoms with Crippen molar-refractivity contribution in [1.29, 1.82) is 0 Å². The third kappa shape index (κ3) is 3.29. The molecule has 1 rings (SSSR count). The minimum absolute atomic E-state index is 0.278. The van der Waals surface area contributed by atoms with Gasteiger partial charge in [0.25, 0.3) is 0 Å². The molecule has 0 aromatic heterocycles. The average molecular weight is 199 g/mol. The van der Waals surface area contributed by atoms with Crippen molar-refractivity contribution in [2.45, 2.75) is 39.5 Å². The molecule has 82 valence electrons. The van der Waals surface area contributed by atoms with Gasteiger partial charge in [-0.3, -0.25) is 4.79 Å². The highest BCUT2D eigenvalue weighted by atomic mass is 16.4. The van der Waals surface area contributed by atoms with E-state index in [1.54, 1.807) is 6.92 Å². The minimum Gasteiger partial charge on any atom is -0.481 e. The molecule has 0 aromatic rings. The molecular weight excluding hydrogens is 178 g/mol. The molecule has 0 amide bonds. The highest BCUT2D eigenvalue weighted by molar-refractivity contribution is 5.69. The predicted octanol–water partition coefficient (Wildman–Crippen LogP) is 1.88. The van der Waals surface area contributed by atoms with E-state index in [0.29, 0.717) is 12.0 Å². The number of aliphatic carboxylic acids is 1. The van der Waals surface area contributed by atoms with E-state index in [1.807, 2.05) is 0 Å². The SMILES string of the molecule is CC(CNCC1(C)CCCC1)C(=O)O. The molecule has 2 N–H and O–H groups in total. The van der Waals surface area contributed by atoms with Gasteiger partial charge in [-0.05, 0) is 18.3 Å². The van der Waals surface area contributed by atoms with Gasteiger partial charge in [-0.25, -0.2) is 0 Å². The first kappa shape index (κ1) is 11.5. The summed E-state index contributed by atoms with van der Waals surface area (Å²) in [4.78, 5) is 10.6. The summed E-state index contributed by atoms with van der Waals surface area (Å²) in [5.41, 5.74) is 0.415. The Kier molecular flexibility index (Phi) is 3.93. The predicted molar refractivity (Wildman–Crippen MR) is 56.2 cm³/mol. The second-order valence-electron chi connectivity index (χ2n) is 4.89. The van der Waals surface area contributed by atoms with E-state index in [2.05, 4.69) is 12.2 Å². The summed E-state index contributed by atoms with van der Waals surface area (Å²) in [7, 11) is 0. The highest BCUT2D eigenvalue weighted by Crippen LogP contribution is 2.36. The maximum atomic E-state index is 10.6. The second kappa shape index (κ2) is 4.78. The minimum atomic E-state index is -0.714. The van der Waals surface area contributed by atoms with Crippen LogP contribution in [-0.4, -0.2) is 24.2 Å². The lowest BCUT2D eigenvalue weighted by Crippen LogP contribution is -2.34. The zero-order valence-corrected chi connectivity index (χ0v) is 9.18. The van der Waals surface area contributed by atoms with Crippen molar-refractivity contribution in [3.05, 3.63) is 0 Å². The average Bonchev–Trinajstić information content (AvgIpc) is 2.52. The van der Waals surface area contributed by atoms with E-state index in [9.17, 15) is 4.79 Å². The van der Waals surface area contributed by atoms with Crippen LogP contribution < -0.4 is 5.32 Å². The standard InChI is InChI=1S/C11H21NO2/c1-9(10(13)14)7-12-8-11(2)5-3-4-6-11/h9,12H,3-8H2,1-2H3,(H,13,14). The molecule has 0 aliphatic heterocycles. The first-order chi connectivity index (χ1) is 6.53. The highest BCUT2D eigenvalue weighted by Gasteiger charge is 2.28. The Balaban J connectivity index is 2.17. The van der Waals surface area contributed by atoms with Gasteiger partial charge in [-0.2, -0.15) is 0 Å². The molecule has 1 unspecified atom stereocenters. The molecule has 3 nitrogen and oxygen atoms in total. The maximum Gasteiger partial charge on any atom is 0.307 e. The van der Waals surface area contributed by atoms with Crippen molar-refractivity contribution >= 4 is 5.97 Å². The van der Waals surface area contributed by atoms with E-state index in [4.69, 9.17) is 5.11 Å². The van der Waals surface area contributed by atoms with Gasteiger partial charge in [-0.15, -0.1) is 0 Å². The van der Waals surface area contributed by atoms with Crippen LogP contribution >= 0.6 is 0 Å². The number of nitrogens with one attached hydrogen (secondary N) is 1. The van der Waals surface area contributed by atoms with Gasteiger partial charge in [0.1, 0.15) is 0 Å². The van der Waals surface area contributed by atoms with Gasteiger partial charge in [0.15, 0.2) is 0 Å². The van der Waals surface area contributed by atoms with Crippen molar-refractivity contribution in [2.75, 3.05) is 13.1 Å². The number of carboxylic acids is 1. The summed E-state index contributed by atoms with van der Waals surface area (Å²) in [6.07, 6.45) is 5.21. The lowest BCUT2D eigenvalue weighted by Gasteiger charge is -2.24. The largest absolute Gasteiger partial charge is 0.481 e. The molecule has 1 fully saturated rings. The van der Waals surface area contributed by atoms with E-state index in [1.165, 1.54) is 25.7 Å². The quantitative estimate of drug-likeness (QED) is 0.710. The van der Waals surface area contributed by atoms with Crippen molar-refractivity contribution in [1.82, 2.24) is 5.32 Å². The summed E-state index contributed by atoms with van der Waals surface area (Å²) in [5.74, 6) is -0.992. The van der Waals surface area contributed by atoms with Gasteiger partial charge in [0.2, 0.25) is 0 Å². The number of rotatable bonds is 5. The zero-order valence-electron chi connectivity index (χ0n) is 9.18. The molecule has 0 bridgehead atoms. The van der Waals surface area contributed by atoms with Gasteiger partial charge >= 0.3 is 5.97 Å². The Morgan fingerprint density at radius 3 is 2.57 bits per heavy atom. The number of hydrogen-bond donors (Lipinski definition) is 2. The Bertz CT molecular complexity index is 197. The zero-order chi connectivity index (χ0) is 10.6. The van der Waals surface area contributed by atoms with Crippen molar-refractivity contribution in [3.8, 4) is 0 Å². The van der Waals surface area contributed by atoms with Gasteiger partial charge < -0.3 is 10.4 Å². The molecule has 0 spiro atoms. The molecule has 1 aliphatic rings. The Morgan fingerprint density at radius 1 is 1.50 bits per heavy atom. The molecule has 1 aliphatic carbocycles. The summed E-state index contributed by atoms with van der Waals surface area (Å²) in [6.45, 7) is 5.58. The van der Waals surface area contributed by atoms with E-state index < -0.39 is 5.97 Å². The topological polar surface area (TPSA) is 49.3 Å². The van der Waals surface area contributed by atoms with E-state index >= 15 is 0 Å². The van der Waals surface area contributed by atoms with Gasteiger partial charge in [-0.1, -0.05) is 26.7 Å². The smallest absolute Gasteiger partial charge is 0.307 e. The van der Waals surface area contributed by atoms with Crippen LogP contribution in [0.4, 0.5) is 0 Å². The van der Waals surface area contributed by atoms with Crippen LogP contribution in [0.25, 0.3) is 0 Å². The molecule has 0 aromatic carbocycles. The van der Waals surface area contributed by atoms with Crippen molar-refractivity contribution in [2.24, 2.45) is 11.3 Å².